The van der Waals surface area contributed by atoms with Crippen molar-refractivity contribution in [3.8, 4) is 0 Å². The van der Waals surface area contributed by atoms with Crippen LogP contribution in [0.2, 0.25) is 0 Å². The lowest BCUT2D eigenvalue weighted by Gasteiger charge is -2.24. The number of nitrogens with one attached hydrogen (secondary N) is 2. The Balaban J connectivity index is 1.51. The standard InChI is InChI=1S/C35H27N3O3/c1-21-11-15-24(16-12-21)36-27-10-6-9-26-30(27)34(40)32-28(37-25-17-13-22(2)14-18-25)19-20-29(31(32)33(26)39)38-35(41)23-7-4-3-5-8-23/h3-20,36-37H,1-2H3,(H,38,41). The van der Waals surface area contributed by atoms with Gasteiger partial charge in [0.05, 0.1) is 33.8 Å². The van der Waals surface area contributed by atoms with Gasteiger partial charge in [0.15, 0.2) is 11.6 Å². The number of carbonyl (C=O) groups excluding carboxylic acids is 2. The van der Waals surface area contributed by atoms with Gasteiger partial charge in [-0.05, 0) is 68.4 Å². The maximum absolute atomic E-state index is 14.3. The molecule has 0 unspecified atom stereocenters. The van der Waals surface area contributed by atoms with E-state index < -0.39 is 0 Å². The predicted molar refractivity (Wildman–Crippen MR) is 164 cm³/mol. The van der Waals surface area contributed by atoms with Gasteiger partial charge in [-0.1, -0.05) is 65.7 Å². The van der Waals surface area contributed by atoms with E-state index in [1.807, 2.05) is 68.4 Å². The first-order chi connectivity index (χ1) is 19.9. The summed E-state index contributed by atoms with van der Waals surface area (Å²) in [5.41, 5.74) is 6.48. The first kappa shape index (κ1) is 25.8. The molecule has 0 spiro atoms. The first-order valence-corrected chi connectivity index (χ1v) is 13.3. The molecule has 6 heteroatoms. The number of aliphatic imine (C=N–C) groups is 1. The molecule has 0 saturated heterocycles. The fourth-order valence-corrected chi connectivity index (χ4v) is 4.96. The van der Waals surface area contributed by atoms with Crippen LogP contribution in [0.25, 0.3) is 0 Å². The van der Waals surface area contributed by atoms with E-state index in [0.717, 1.165) is 22.5 Å². The van der Waals surface area contributed by atoms with Crippen LogP contribution in [0.15, 0.2) is 114 Å². The number of hydrogen-bond acceptors (Lipinski definition) is 5. The highest BCUT2D eigenvalue weighted by Crippen LogP contribution is 2.41. The Morgan fingerprint density at radius 3 is 1.78 bits per heavy atom. The zero-order valence-corrected chi connectivity index (χ0v) is 22.6. The van der Waals surface area contributed by atoms with Crippen molar-refractivity contribution in [2.75, 3.05) is 10.6 Å². The monoisotopic (exact) mass is 537 g/mol. The number of aliphatic hydroxyl groups is 1. The molecule has 0 radical (unpaired) electrons. The van der Waals surface area contributed by atoms with Gasteiger partial charge < -0.3 is 15.7 Å². The zero-order chi connectivity index (χ0) is 28.5. The van der Waals surface area contributed by atoms with E-state index in [1.165, 1.54) is 0 Å². The van der Waals surface area contributed by atoms with Crippen molar-refractivity contribution in [3.63, 3.8) is 0 Å². The molecule has 0 atom stereocenters. The molecule has 5 aromatic rings. The van der Waals surface area contributed by atoms with Crippen LogP contribution < -0.4 is 10.6 Å². The molecule has 0 bridgehead atoms. The lowest BCUT2D eigenvalue weighted by atomic mass is 9.81. The molecule has 0 saturated carbocycles. The molecule has 200 valence electrons. The Bertz CT molecular complexity index is 1820. The van der Waals surface area contributed by atoms with Gasteiger partial charge in [0.25, 0.3) is 0 Å². The van der Waals surface area contributed by atoms with Gasteiger partial charge in [0.1, 0.15) is 0 Å². The second kappa shape index (κ2) is 10.6. The molecule has 1 aliphatic rings. The minimum atomic E-state index is -0.339. The third-order valence-corrected chi connectivity index (χ3v) is 7.09. The number of fused-ring (bicyclic) bond motifs is 2. The fourth-order valence-electron chi connectivity index (χ4n) is 4.96. The highest BCUT2D eigenvalue weighted by molar-refractivity contribution is 6.33. The van der Waals surface area contributed by atoms with E-state index in [-0.39, 0.29) is 39.8 Å². The van der Waals surface area contributed by atoms with Crippen LogP contribution in [-0.2, 0) is 0 Å². The smallest absolute Gasteiger partial charge is 0.218 e. The van der Waals surface area contributed by atoms with E-state index >= 15 is 0 Å². The molecule has 5 aromatic carbocycles. The van der Waals surface area contributed by atoms with Crippen molar-refractivity contribution >= 4 is 45.9 Å². The van der Waals surface area contributed by atoms with Crippen LogP contribution in [0.4, 0.5) is 28.4 Å². The quantitative estimate of drug-likeness (QED) is 0.147. The van der Waals surface area contributed by atoms with Gasteiger partial charge in [0, 0.05) is 22.5 Å². The highest BCUT2D eigenvalue weighted by Gasteiger charge is 2.36. The van der Waals surface area contributed by atoms with Crippen molar-refractivity contribution in [3.05, 3.63) is 148 Å². The summed E-state index contributed by atoms with van der Waals surface area (Å²) in [6.45, 7) is 4.00. The van der Waals surface area contributed by atoms with Crippen molar-refractivity contribution in [1.29, 1.82) is 0 Å². The van der Waals surface area contributed by atoms with Gasteiger partial charge in [-0.15, -0.1) is 0 Å². The Morgan fingerprint density at radius 1 is 0.585 bits per heavy atom. The largest absolute Gasteiger partial charge is 0.493 e. The van der Waals surface area contributed by atoms with Crippen LogP contribution in [-0.4, -0.2) is 22.6 Å². The molecule has 0 heterocycles. The van der Waals surface area contributed by atoms with E-state index in [0.29, 0.717) is 22.5 Å². The van der Waals surface area contributed by atoms with Crippen molar-refractivity contribution < 1.29 is 14.7 Å². The summed E-state index contributed by atoms with van der Waals surface area (Å²) < 4.78 is 0. The maximum Gasteiger partial charge on any atom is 0.218 e. The number of hydrogen-bond donors (Lipinski definition) is 3. The average molecular weight is 538 g/mol. The van der Waals surface area contributed by atoms with Crippen molar-refractivity contribution in [1.82, 2.24) is 0 Å². The van der Waals surface area contributed by atoms with Crippen LogP contribution >= 0.6 is 0 Å². The summed E-state index contributed by atoms with van der Waals surface area (Å²) in [5.74, 6) is -0.891. The number of aryl methyl sites for hydroxylation is 2. The number of aliphatic hydroxyl groups excluding tert-OH is 1. The lowest BCUT2D eigenvalue weighted by molar-refractivity contribution is 0.0980. The molecule has 41 heavy (non-hydrogen) atoms. The number of ketones is 2. The molecular formula is C35H27N3O3. The molecule has 0 amide bonds. The predicted octanol–water partition coefficient (Wildman–Crippen LogP) is 8.20. The van der Waals surface area contributed by atoms with Crippen molar-refractivity contribution in [2.45, 2.75) is 13.8 Å². The normalized spacial score (nSPS) is 12.5. The third-order valence-electron chi connectivity index (χ3n) is 7.09. The lowest BCUT2D eigenvalue weighted by Crippen LogP contribution is -2.23. The van der Waals surface area contributed by atoms with Crippen LogP contribution in [0.3, 0.4) is 0 Å². The molecule has 0 fully saturated rings. The van der Waals surface area contributed by atoms with Gasteiger partial charge in [-0.25, -0.2) is 4.99 Å². The summed E-state index contributed by atoms with van der Waals surface area (Å²) in [4.78, 5) is 32.9. The number of benzene rings is 5. The van der Waals surface area contributed by atoms with Crippen LogP contribution in [0.5, 0.6) is 0 Å². The molecule has 0 aliphatic heterocycles. The van der Waals surface area contributed by atoms with Gasteiger partial charge in [-0.3, -0.25) is 9.59 Å². The van der Waals surface area contributed by atoms with E-state index in [4.69, 9.17) is 0 Å². The van der Waals surface area contributed by atoms with E-state index in [2.05, 4.69) is 15.6 Å². The molecule has 6 nitrogen and oxygen atoms in total. The third kappa shape index (κ3) is 4.99. The van der Waals surface area contributed by atoms with E-state index in [1.54, 1.807) is 54.6 Å². The summed E-state index contributed by atoms with van der Waals surface area (Å²) in [6.07, 6.45) is 0. The van der Waals surface area contributed by atoms with Crippen LogP contribution in [0, 0.1) is 13.8 Å². The molecular weight excluding hydrogens is 510 g/mol. The second-order valence-electron chi connectivity index (χ2n) is 10.1. The number of nitrogens with zero attached hydrogens (tertiary/aromatic N) is 1. The SMILES string of the molecule is Cc1ccc(Nc2cccc3c2C(=O)c2c(Nc4ccc(C)cc4)ccc(N=C(O)c4ccccc4)c2C3=O)cc1. The van der Waals surface area contributed by atoms with Gasteiger partial charge in [0.2, 0.25) is 5.90 Å². The number of carbonyl (C=O) groups is 2. The highest BCUT2D eigenvalue weighted by atomic mass is 16.3. The second-order valence-corrected chi connectivity index (χ2v) is 10.1. The summed E-state index contributed by atoms with van der Waals surface area (Å²) >= 11 is 0. The minimum absolute atomic E-state index is 0.148. The Kier molecular flexibility index (Phi) is 6.65. The maximum atomic E-state index is 14.3. The summed E-state index contributed by atoms with van der Waals surface area (Å²) in [6, 6.07) is 33.1. The van der Waals surface area contributed by atoms with E-state index in [9.17, 15) is 14.7 Å². The molecule has 3 N–H and O–H groups in total. The van der Waals surface area contributed by atoms with Gasteiger partial charge >= 0.3 is 0 Å². The number of rotatable bonds is 6. The Hall–Kier alpha value is -5.49. The van der Waals surface area contributed by atoms with Crippen molar-refractivity contribution in [2.24, 2.45) is 4.99 Å². The Morgan fingerprint density at radius 2 is 1.17 bits per heavy atom. The first-order valence-electron chi connectivity index (χ1n) is 13.3. The summed E-state index contributed by atoms with van der Waals surface area (Å²) in [5, 5.41) is 17.5. The topological polar surface area (TPSA) is 90.8 Å². The zero-order valence-electron chi connectivity index (χ0n) is 22.6. The molecule has 6 rings (SSSR count). The summed E-state index contributed by atoms with van der Waals surface area (Å²) in [7, 11) is 0. The molecule has 1 aliphatic carbocycles. The van der Waals surface area contributed by atoms with Crippen LogP contribution in [0.1, 0.15) is 48.5 Å². The average Bonchev–Trinajstić information content (AvgIpc) is 2.99. The number of anilines is 4. The Labute approximate surface area is 238 Å². The molecule has 0 aromatic heterocycles. The minimum Gasteiger partial charge on any atom is -0.493 e. The fraction of sp³-hybridized carbons (Fsp3) is 0.0571. The van der Waals surface area contributed by atoms with Gasteiger partial charge in [-0.2, -0.15) is 0 Å².